The number of allylic oxidation sites excluding steroid dienone is 2. The first-order valence-corrected chi connectivity index (χ1v) is 29.2. The Kier molecular flexibility index (Phi) is 20.0. The molecule has 11 heteroatoms. The maximum absolute atomic E-state index is 5.12. The molecule has 1 heterocycles. The normalized spacial score (nSPS) is 18.8. The zero-order chi connectivity index (χ0) is 29.7. The SMILES string of the molecule is C[Si](C)(C)[N-]C([N-][Si](C)(C)C)C1CCCCC1.C[Si](C)(C)[N-]CCN(CC[N-][Si](C)(C)C)CC1C=CC=C[N-]1.[Y]. The minimum Gasteiger partial charge on any atom is -0.684 e. The van der Waals surface area contributed by atoms with Gasteiger partial charge in [0.1, 0.15) is 0 Å². The average Bonchev–Trinajstić information content (AvgIpc) is 2.77. The molecule has 0 amide bonds. The first-order valence-electron chi connectivity index (χ1n) is 15.4. The summed E-state index contributed by atoms with van der Waals surface area (Å²) in [6, 6.07) is 0.281. The summed E-state index contributed by atoms with van der Waals surface area (Å²) in [5.41, 5.74) is 0. The van der Waals surface area contributed by atoms with Crippen LogP contribution < -0.4 is 0 Å². The van der Waals surface area contributed by atoms with Crippen LogP contribution in [0.25, 0.3) is 25.2 Å². The Labute approximate surface area is 279 Å². The van der Waals surface area contributed by atoms with Gasteiger partial charge in [-0.05, 0) is 19.6 Å². The molecule has 0 spiro atoms. The summed E-state index contributed by atoms with van der Waals surface area (Å²) in [6.45, 7) is 32.7. The number of rotatable bonds is 15. The van der Waals surface area contributed by atoms with Crippen LogP contribution in [-0.4, -0.2) is 82.8 Å². The van der Waals surface area contributed by atoms with Gasteiger partial charge in [-0.3, -0.25) is 0 Å². The van der Waals surface area contributed by atoms with E-state index in [1.165, 1.54) is 32.1 Å². The summed E-state index contributed by atoms with van der Waals surface area (Å²) in [5, 5.41) is 4.53. The van der Waals surface area contributed by atoms with E-state index in [4.69, 9.17) is 19.9 Å². The fourth-order valence-electron chi connectivity index (χ4n) is 4.64. The van der Waals surface area contributed by atoms with Gasteiger partial charge >= 0.3 is 0 Å². The summed E-state index contributed by atoms with van der Waals surface area (Å²) in [6.07, 6.45) is 15.4. The van der Waals surface area contributed by atoms with E-state index in [1.807, 2.05) is 12.3 Å². The van der Waals surface area contributed by atoms with Gasteiger partial charge in [0.15, 0.2) is 0 Å². The minimum atomic E-state index is -1.35. The van der Waals surface area contributed by atoms with Crippen LogP contribution in [0.15, 0.2) is 24.4 Å². The van der Waals surface area contributed by atoms with E-state index in [0.29, 0.717) is 6.17 Å². The van der Waals surface area contributed by atoms with Crippen LogP contribution in [0.4, 0.5) is 0 Å². The fraction of sp³-hybridized carbons (Fsp3) is 0.862. The maximum atomic E-state index is 5.12. The smallest absolute Gasteiger partial charge is 0 e. The molecular weight excluding hydrogens is 634 g/mol. The Morgan fingerprint density at radius 1 is 0.700 bits per heavy atom. The van der Waals surface area contributed by atoms with Crippen LogP contribution in [0.5, 0.6) is 0 Å². The molecule has 2 aliphatic rings. The maximum Gasteiger partial charge on any atom is 0 e. The largest absolute Gasteiger partial charge is 0.684 e. The predicted molar refractivity (Wildman–Crippen MR) is 189 cm³/mol. The van der Waals surface area contributed by atoms with Crippen LogP contribution in [0.1, 0.15) is 32.1 Å². The molecule has 1 aliphatic heterocycles. The van der Waals surface area contributed by atoms with Gasteiger partial charge < -0.3 is 30.1 Å². The number of hydrogen-bond acceptors (Lipinski definition) is 1. The molecule has 1 saturated carbocycles. The monoisotopic (exact) mass is 696 g/mol. The van der Waals surface area contributed by atoms with Crippen molar-refractivity contribution in [3.63, 3.8) is 0 Å². The van der Waals surface area contributed by atoms with Crippen molar-refractivity contribution in [1.82, 2.24) is 4.90 Å². The van der Waals surface area contributed by atoms with Gasteiger partial charge in [0.2, 0.25) is 0 Å². The van der Waals surface area contributed by atoms with Gasteiger partial charge in [-0.2, -0.15) is 6.20 Å². The second-order valence-corrected chi connectivity index (χ2v) is 33.8. The van der Waals surface area contributed by atoms with E-state index in [-0.39, 0.29) is 38.8 Å². The quantitative estimate of drug-likeness (QED) is 0.157. The van der Waals surface area contributed by atoms with Gasteiger partial charge in [-0.25, -0.2) is 6.17 Å². The molecule has 0 aromatic heterocycles. The zero-order valence-corrected chi connectivity index (χ0v) is 35.2. The molecule has 1 fully saturated rings. The van der Waals surface area contributed by atoms with E-state index in [1.54, 1.807) is 0 Å². The molecule has 0 aromatic rings. The van der Waals surface area contributed by atoms with E-state index in [0.717, 1.165) is 38.6 Å². The molecule has 0 aromatic carbocycles. The molecule has 1 radical (unpaired) electrons. The van der Waals surface area contributed by atoms with E-state index < -0.39 is 32.9 Å². The summed E-state index contributed by atoms with van der Waals surface area (Å²) in [7, 11) is -5.31. The van der Waals surface area contributed by atoms with Gasteiger partial charge in [-0.15, -0.1) is 13.1 Å². The second kappa shape index (κ2) is 19.4. The van der Waals surface area contributed by atoms with Gasteiger partial charge in [0.05, 0.1) is 0 Å². The van der Waals surface area contributed by atoms with Crippen molar-refractivity contribution in [3.8, 4) is 0 Å². The Bertz CT molecular complexity index is 684. The van der Waals surface area contributed by atoms with Gasteiger partial charge in [0, 0.05) is 32.7 Å². The number of nitrogens with zero attached hydrogens (tertiary/aromatic N) is 6. The first-order chi connectivity index (χ1) is 17.8. The van der Waals surface area contributed by atoms with Gasteiger partial charge in [-0.1, -0.05) is 174 Å². The molecule has 0 N–H and O–H groups in total. The predicted octanol–water partition coefficient (Wildman–Crippen LogP) is 9.84. The molecule has 0 saturated heterocycles. The molecule has 0 bridgehead atoms. The van der Waals surface area contributed by atoms with Crippen molar-refractivity contribution in [3.05, 3.63) is 49.7 Å². The van der Waals surface area contributed by atoms with Crippen molar-refractivity contribution < 1.29 is 32.7 Å². The van der Waals surface area contributed by atoms with E-state index in [2.05, 4.69) is 101 Å². The summed E-state index contributed by atoms with van der Waals surface area (Å²) >= 11 is 0. The average molecular weight is 697 g/mol. The van der Waals surface area contributed by atoms with E-state index in [9.17, 15) is 0 Å². The minimum absolute atomic E-state index is 0. The Morgan fingerprint density at radius 2 is 1.18 bits per heavy atom. The summed E-state index contributed by atoms with van der Waals surface area (Å²) in [5.74, 6) is 0.752. The summed E-state index contributed by atoms with van der Waals surface area (Å²) < 4.78 is 0. The van der Waals surface area contributed by atoms with Crippen molar-refractivity contribution in [1.29, 1.82) is 0 Å². The Balaban J connectivity index is 0.000000765. The van der Waals surface area contributed by atoms with Crippen LogP contribution in [0.2, 0.25) is 78.6 Å². The molecule has 233 valence electrons. The van der Waals surface area contributed by atoms with Gasteiger partial charge in [0.25, 0.3) is 0 Å². The summed E-state index contributed by atoms with van der Waals surface area (Å²) in [4.78, 5) is 22.4. The molecular formula is C29H63N6Si4Y-5. The van der Waals surface area contributed by atoms with Crippen LogP contribution in [0.3, 0.4) is 0 Å². The third-order valence-corrected chi connectivity index (χ3v) is 10.8. The molecule has 1 atom stereocenters. The standard InChI is InChI=1S/C16H33N4Si2.C13H30N2Si2.Y/c1-21(2,3)18-11-13-20(14-12-19-22(4,5)6)15-16-9-7-8-10-17-16;1-16(2,3)14-13(15-17(4,5)6)12-10-8-7-9-11-12;/h7-10,16H,11-15H2,1-6H3;12-13H,7-11H2,1-6H3;/q-3;-2;. The van der Waals surface area contributed by atoms with Crippen LogP contribution >= 0.6 is 0 Å². The zero-order valence-electron chi connectivity index (χ0n) is 28.4. The molecule has 6 nitrogen and oxygen atoms in total. The molecule has 1 aliphatic carbocycles. The van der Waals surface area contributed by atoms with Crippen LogP contribution in [0, 0.1) is 5.92 Å². The number of hydrogen-bond donors (Lipinski definition) is 0. The molecule has 2 rings (SSSR count). The van der Waals surface area contributed by atoms with Crippen molar-refractivity contribution in [2.45, 2.75) is 123 Å². The van der Waals surface area contributed by atoms with Crippen molar-refractivity contribution in [2.75, 3.05) is 32.7 Å². The Morgan fingerprint density at radius 3 is 1.55 bits per heavy atom. The third-order valence-electron chi connectivity index (χ3n) is 6.37. The molecule has 1 unspecified atom stereocenters. The first kappa shape index (κ1) is 41.1. The topological polar surface area (TPSA) is 73.7 Å². The second-order valence-electron chi connectivity index (χ2n) is 15.3. The molecule has 40 heavy (non-hydrogen) atoms. The third kappa shape index (κ3) is 23.5. The Hall–Kier alpha value is 1.05. The van der Waals surface area contributed by atoms with Crippen molar-refractivity contribution in [2.24, 2.45) is 5.92 Å². The fourth-order valence-corrected chi connectivity index (χ4v) is 8.42. The van der Waals surface area contributed by atoms with Crippen LogP contribution in [-0.2, 0) is 32.7 Å². The van der Waals surface area contributed by atoms with Crippen molar-refractivity contribution >= 4 is 32.9 Å². The van der Waals surface area contributed by atoms with E-state index >= 15 is 0 Å².